The van der Waals surface area contributed by atoms with Gasteiger partial charge in [-0.25, -0.2) is 4.79 Å². The summed E-state index contributed by atoms with van der Waals surface area (Å²) in [6.07, 6.45) is -0.311. The largest absolute Gasteiger partial charge is 0.444 e. The average Bonchev–Trinajstić information content (AvgIpc) is 2.34. The number of anilines is 1. The van der Waals surface area contributed by atoms with Crippen LogP contribution in [0.5, 0.6) is 0 Å². The first-order valence-corrected chi connectivity index (χ1v) is 7.21. The molecule has 0 spiro atoms. The molecule has 1 aliphatic rings. The maximum Gasteiger partial charge on any atom is 0.410 e. The molecule has 1 heterocycles. The van der Waals surface area contributed by atoms with Crippen molar-refractivity contribution in [3.63, 3.8) is 0 Å². The molecule has 0 bridgehead atoms. The third-order valence-corrected chi connectivity index (χ3v) is 3.29. The van der Waals surface area contributed by atoms with Crippen LogP contribution in [-0.4, -0.2) is 41.2 Å². The molecule has 1 fully saturated rings. The zero-order valence-electron chi connectivity index (χ0n) is 13.0. The van der Waals surface area contributed by atoms with Gasteiger partial charge in [-0.15, -0.1) is 0 Å². The molecule has 0 aromatic heterocycles. The van der Waals surface area contributed by atoms with Crippen LogP contribution in [-0.2, 0) is 4.74 Å². The van der Waals surface area contributed by atoms with Crippen molar-refractivity contribution in [3.05, 3.63) is 34.4 Å². The average molecular weight is 307 g/mol. The van der Waals surface area contributed by atoms with Gasteiger partial charge in [-0.05, 0) is 26.8 Å². The van der Waals surface area contributed by atoms with Crippen molar-refractivity contribution in [2.24, 2.45) is 5.92 Å². The van der Waals surface area contributed by atoms with Crippen LogP contribution in [0.2, 0.25) is 0 Å². The molecular formula is C15H21N3O4. The van der Waals surface area contributed by atoms with Crippen LogP contribution in [0.3, 0.4) is 0 Å². The number of nitro groups is 1. The van der Waals surface area contributed by atoms with E-state index in [0.717, 1.165) is 0 Å². The Bertz CT molecular complexity index is 562. The van der Waals surface area contributed by atoms with Gasteiger partial charge in [0.2, 0.25) is 0 Å². The van der Waals surface area contributed by atoms with E-state index >= 15 is 0 Å². The fraction of sp³-hybridized carbons (Fsp3) is 0.533. The Morgan fingerprint density at radius 1 is 1.41 bits per heavy atom. The van der Waals surface area contributed by atoms with Gasteiger partial charge >= 0.3 is 6.09 Å². The van der Waals surface area contributed by atoms with Crippen molar-refractivity contribution >= 4 is 17.5 Å². The Morgan fingerprint density at radius 2 is 2.05 bits per heavy atom. The molecule has 1 aliphatic heterocycles. The number of ether oxygens (including phenoxy) is 1. The lowest BCUT2D eigenvalue weighted by atomic mass is 10.0. The monoisotopic (exact) mass is 307 g/mol. The second-order valence-corrected chi connectivity index (χ2v) is 6.41. The van der Waals surface area contributed by atoms with Crippen molar-refractivity contribution in [2.45, 2.75) is 26.4 Å². The Labute approximate surface area is 129 Å². The third-order valence-electron chi connectivity index (χ3n) is 3.29. The van der Waals surface area contributed by atoms with Gasteiger partial charge < -0.3 is 15.0 Å². The summed E-state index contributed by atoms with van der Waals surface area (Å²) in [7, 11) is 0. The fourth-order valence-electron chi connectivity index (χ4n) is 2.21. The number of nitrogens with one attached hydrogen (secondary N) is 1. The summed E-state index contributed by atoms with van der Waals surface area (Å²) in [4.78, 5) is 23.9. The fourth-order valence-corrected chi connectivity index (χ4v) is 2.21. The summed E-state index contributed by atoms with van der Waals surface area (Å²) < 4.78 is 5.28. The zero-order valence-corrected chi connectivity index (χ0v) is 13.0. The van der Waals surface area contributed by atoms with E-state index in [4.69, 9.17) is 4.74 Å². The van der Waals surface area contributed by atoms with Gasteiger partial charge in [-0.2, -0.15) is 0 Å². The van der Waals surface area contributed by atoms with Crippen LogP contribution in [0.1, 0.15) is 20.8 Å². The lowest BCUT2D eigenvalue weighted by Gasteiger charge is -2.39. The molecule has 22 heavy (non-hydrogen) atoms. The molecule has 0 atom stereocenters. The highest BCUT2D eigenvalue weighted by Gasteiger charge is 2.33. The van der Waals surface area contributed by atoms with Gasteiger partial charge in [-0.1, -0.05) is 12.1 Å². The summed E-state index contributed by atoms with van der Waals surface area (Å²) in [5.41, 5.74) is 0.0690. The van der Waals surface area contributed by atoms with Gasteiger partial charge in [0.1, 0.15) is 11.3 Å². The number of benzene rings is 1. The molecular weight excluding hydrogens is 286 g/mol. The van der Waals surface area contributed by atoms with Crippen LogP contribution >= 0.6 is 0 Å². The van der Waals surface area contributed by atoms with E-state index in [1.807, 2.05) is 20.8 Å². The molecule has 7 nitrogen and oxygen atoms in total. The quantitative estimate of drug-likeness (QED) is 0.683. The predicted molar refractivity (Wildman–Crippen MR) is 82.9 cm³/mol. The normalized spacial score (nSPS) is 15.1. The minimum atomic E-state index is -0.495. The van der Waals surface area contributed by atoms with Gasteiger partial charge in [0.25, 0.3) is 5.69 Å². The maximum absolute atomic E-state index is 11.8. The summed E-state index contributed by atoms with van der Waals surface area (Å²) in [5, 5.41) is 14.0. The molecule has 120 valence electrons. The van der Waals surface area contributed by atoms with Gasteiger partial charge in [0, 0.05) is 31.6 Å². The zero-order chi connectivity index (χ0) is 16.3. The molecule has 1 N–H and O–H groups in total. The first-order valence-electron chi connectivity index (χ1n) is 7.21. The van der Waals surface area contributed by atoms with Crippen LogP contribution < -0.4 is 5.32 Å². The summed E-state index contributed by atoms with van der Waals surface area (Å²) >= 11 is 0. The summed E-state index contributed by atoms with van der Waals surface area (Å²) in [5.74, 6) is 0.271. The van der Waals surface area contributed by atoms with E-state index in [1.54, 1.807) is 23.1 Å². The number of hydrogen-bond donors (Lipinski definition) is 1. The number of hydrogen-bond acceptors (Lipinski definition) is 5. The van der Waals surface area contributed by atoms with E-state index in [0.29, 0.717) is 25.3 Å². The number of nitrogens with zero attached hydrogens (tertiary/aromatic N) is 2. The van der Waals surface area contributed by atoms with E-state index in [2.05, 4.69) is 5.32 Å². The van der Waals surface area contributed by atoms with Crippen molar-refractivity contribution < 1.29 is 14.5 Å². The van der Waals surface area contributed by atoms with Crippen LogP contribution in [0.15, 0.2) is 24.3 Å². The Kier molecular flexibility index (Phi) is 4.54. The summed E-state index contributed by atoms with van der Waals surface area (Å²) in [6, 6.07) is 6.54. The molecule has 7 heteroatoms. The lowest BCUT2D eigenvalue weighted by Crippen LogP contribution is -2.53. The predicted octanol–water partition coefficient (Wildman–Crippen LogP) is 2.87. The van der Waals surface area contributed by atoms with Crippen molar-refractivity contribution in [3.8, 4) is 0 Å². The minimum Gasteiger partial charge on any atom is -0.444 e. The van der Waals surface area contributed by atoms with Gasteiger partial charge in [0.05, 0.1) is 4.92 Å². The summed E-state index contributed by atoms with van der Waals surface area (Å²) in [6.45, 7) is 7.28. The molecule has 0 radical (unpaired) electrons. The molecule has 1 amide bonds. The van der Waals surface area contributed by atoms with Crippen molar-refractivity contribution in [1.82, 2.24) is 4.90 Å². The third kappa shape index (κ3) is 4.09. The number of amides is 1. The van der Waals surface area contributed by atoms with E-state index in [-0.39, 0.29) is 17.7 Å². The number of rotatable bonds is 4. The lowest BCUT2D eigenvalue weighted by molar-refractivity contribution is -0.384. The molecule has 0 saturated carbocycles. The molecule has 2 rings (SSSR count). The first-order chi connectivity index (χ1) is 10.3. The second-order valence-electron chi connectivity index (χ2n) is 6.41. The minimum absolute atomic E-state index is 0.0609. The molecule has 1 aromatic carbocycles. The van der Waals surface area contributed by atoms with Gasteiger partial charge in [0.15, 0.2) is 0 Å². The van der Waals surface area contributed by atoms with E-state index < -0.39 is 10.5 Å². The van der Waals surface area contributed by atoms with Crippen LogP contribution in [0.25, 0.3) is 0 Å². The second kappa shape index (κ2) is 6.21. The van der Waals surface area contributed by atoms with E-state index in [9.17, 15) is 14.9 Å². The first kappa shape index (κ1) is 16.1. The Hall–Kier alpha value is -2.31. The van der Waals surface area contributed by atoms with Crippen LogP contribution in [0.4, 0.5) is 16.2 Å². The Balaban J connectivity index is 1.80. The molecule has 0 aliphatic carbocycles. The van der Waals surface area contributed by atoms with Crippen LogP contribution in [0, 0.1) is 16.0 Å². The SMILES string of the molecule is CC(C)(C)OC(=O)N1CC(CNc2ccccc2[N+](=O)[O-])C1. The topological polar surface area (TPSA) is 84.7 Å². The Morgan fingerprint density at radius 3 is 2.64 bits per heavy atom. The smallest absolute Gasteiger partial charge is 0.410 e. The molecule has 1 saturated heterocycles. The van der Waals surface area contributed by atoms with Crippen molar-refractivity contribution in [1.29, 1.82) is 0 Å². The van der Waals surface area contributed by atoms with Crippen molar-refractivity contribution in [2.75, 3.05) is 25.0 Å². The highest BCUT2D eigenvalue weighted by atomic mass is 16.6. The number of likely N-dealkylation sites (tertiary alicyclic amines) is 1. The number of carbonyl (C=O) groups is 1. The number of para-hydroxylation sites is 2. The number of nitro benzene ring substituents is 1. The highest BCUT2D eigenvalue weighted by Crippen LogP contribution is 2.25. The highest BCUT2D eigenvalue weighted by molar-refractivity contribution is 5.69. The standard InChI is InChI=1S/C15H21N3O4/c1-15(2,3)22-14(19)17-9-11(10-17)8-16-12-6-4-5-7-13(12)18(20)21/h4-7,11,16H,8-10H2,1-3H3. The van der Waals surface area contributed by atoms with Gasteiger partial charge in [-0.3, -0.25) is 10.1 Å². The molecule has 1 aromatic rings. The molecule has 0 unspecified atom stereocenters. The van der Waals surface area contributed by atoms with E-state index in [1.165, 1.54) is 6.07 Å². The maximum atomic E-state index is 11.8. The number of carbonyl (C=O) groups excluding carboxylic acids is 1.